The Morgan fingerprint density at radius 3 is 2.25 bits per heavy atom. The average molecular weight is 398 g/mol. The van der Waals surface area contributed by atoms with Gasteiger partial charge in [-0.1, -0.05) is 60.1 Å². The van der Waals surface area contributed by atoms with Gasteiger partial charge in [0.15, 0.2) is 0 Å². The summed E-state index contributed by atoms with van der Waals surface area (Å²) in [6.07, 6.45) is 1.93. The molecule has 2 aromatic rings. The maximum absolute atomic E-state index is 12.9. The number of carbonyl (C=O) groups excluding carboxylic acids is 1. The summed E-state index contributed by atoms with van der Waals surface area (Å²) < 4.78 is 0. The predicted octanol–water partition coefficient (Wildman–Crippen LogP) is 3.57. The highest BCUT2D eigenvalue weighted by molar-refractivity contribution is 6.31. The minimum absolute atomic E-state index is 0.117. The zero-order chi connectivity index (χ0) is 19.3. The van der Waals surface area contributed by atoms with E-state index in [1.54, 1.807) is 0 Å². The van der Waals surface area contributed by atoms with Crippen LogP contribution in [0.25, 0.3) is 0 Å². The van der Waals surface area contributed by atoms with E-state index in [9.17, 15) is 4.79 Å². The molecule has 148 valence electrons. The molecule has 1 amide bonds. The first kappa shape index (κ1) is 19.4. The topological polar surface area (TPSA) is 35.6 Å². The Labute approximate surface area is 172 Å². The minimum Gasteiger partial charge on any atom is -0.340 e. The molecule has 28 heavy (non-hydrogen) atoms. The van der Waals surface area contributed by atoms with Crippen LogP contribution in [0, 0.1) is 5.92 Å². The van der Waals surface area contributed by atoms with Gasteiger partial charge in [0.25, 0.3) is 0 Å². The number of amides is 1. The lowest BCUT2D eigenvalue weighted by Crippen LogP contribution is -2.52. The number of halogens is 1. The van der Waals surface area contributed by atoms with E-state index in [2.05, 4.69) is 45.4 Å². The van der Waals surface area contributed by atoms with Crippen molar-refractivity contribution < 1.29 is 4.79 Å². The van der Waals surface area contributed by atoms with Gasteiger partial charge in [0.2, 0.25) is 5.91 Å². The van der Waals surface area contributed by atoms with E-state index in [0.717, 1.165) is 62.7 Å². The Morgan fingerprint density at radius 1 is 0.929 bits per heavy atom. The van der Waals surface area contributed by atoms with Crippen molar-refractivity contribution in [2.24, 2.45) is 5.92 Å². The van der Waals surface area contributed by atoms with E-state index in [-0.39, 0.29) is 12.0 Å². The molecule has 2 heterocycles. The van der Waals surface area contributed by atoms with Crippen LogP contribution in [0.3, 0.4) is 0 Å². The van der Waals surface area contributed by atoms with Crippen LogP contribution >= 0.6 is 11.6 Å². The Balaban J connectivity index is 1.50. The molecule has 2 aliphatic rings. The number of nitrogens with zero attached hydrogens (tertiary/aromatic N) is 2. The van der Waals surface area contributed by atoms with Crippen molar-refractivity contribution in [3.05, 3.63) is 70.7 Å². The van der Waals surface area contributed by atoms with Crippen LogP contribution in [0.2, 0.25) is 5.02 Å². The van der Waals surface area contributed by atoms with Gasteiger partial charge in [-0.05, 0) is 43.1 Å². The first-order valence-corrected chi connectivity index (χ1v) is 10.6. The Bertz CT molecular complexity index is 783. The molecule has 5 heteroatoms. The quantitative estimate of drug-likeness (QED) is 0.856. The summed E-state index contributed by atoms with van der Waals surface area (Å²) in [6.45, 7) is 5.22. The molecule has 4 nitrogen and oxygen atoms in total. The van der Waals surface area contributed by atoms with Crippen LogP contribution in [0.5, 0.6) is 0 Å². The van der Waals surface area contributed by atoms with E-state index < -0.39 is 0 Å². The van der Waals surface area contributed by atoms with E-state index in [0.29, 0.717) is 5.91 Å². The normalized spacial score (nSPS) is 20.1. The number of hydrogen-bond acceptors (Lipinski definition) is 3. The zero-order valence-corrected chi connectivity index (χ0v) is 16.9. The average Bonchev–Trinajstić information content (AvgIpc) is 2.77. The largest absolute Gasteiger partial charge is 0.340 e. The van der Waals surface area contributed by atoms with Gasteiger partial charge in [-0.2, -0.15) is 0 Å². The fourth-order valence-corrected chi connectivity index (χ4v) is 4.69. The molecule has 2 fully saturated rings. The van der Waals surface area contributed by atoms with Crippen molar-refractivity contribution in [2.75, 3.05) is 39.3 Å². The summed E-state index contributed by atoms with van der Waals surface area (Å²) in [6, 6.07) is 18.8. The van der Waals surface area contributed by atoms with E-state index in [4.69, 9.17) is 11.6 Å². The van der Waals surface area contributed by atoms with Crippen LogP contribution in [-0.2, 0) is 4.79 Å². The van der Waals surface area contributed by atoms with Crippen molar-refractivity contribution in [3.8, 4) is 0 Å². The molecule has 0 bridgehead atoms. The third kappa shape index (κ3) is 4.24. The Kier molecular flexibility index (Phi) is 6.30. The molecule has 0 aromatic heterocycles. The Hall–Kier alpha value is -1.88. The highest BCUT2D eigenvalue weighted by Crippen LogP contribution is 2.34. The van der Waals surface area contributed by atoms with Gasteiger partial charge in [0.1, 0.15) is 0 Å². The highest BCUT2D eigenvalue weighted by atomic mass is 35.5. The third-order valence-electron chi connectivity index (χ3n) is 5.99. The monoisotopic (exact) mass is 397 g/mol. The van der Waals surface area contributed by atoms with E-state index >= 15 is 0 Å². The zero-order valence-electron chi connectivity index (χ0n) is 16.2. The molecule has 4 rings (SSSR count). The summed E-state index contributed by atoms with van der Waals surface area (Å²) >= 11 is 6.57. The van der Waals surface area contributed by atoms with Crippen LogP contribution in [0.1, 0.15) is 30.0 Å². The number of benzene rings is 2. The number of carbonyl (C=O) groups is 1. The molecule has 1 unspecified atom stereocenters. The molecular formula is C23H28ClN3O. The SMILES string of the molecule is O=C(C1CCNCC1)N1CCN(C(c2ccccc2)c2ccccc2Cl)CC1. The number of piperazine rings is 1. The van der Waals surface area contributed by atoms with Crippen molar-refractivity contribution in [2.45, 2.75) is 18.9 Å². The van der Waals surface area contributed by atoms with Gasteiger partial charge in [-0.25, -0.2) is 0 Å². The van der Waals surface area contributed by atoms with Gasteiger partial charge in [-0.3, -0.25) is 9.69 Å². The molecule has 1 atom stereocenters. The predicted molar refractivity (Wildman–Crippen MR) is 113 cm³/mol. The number of nitrogens with one attached hydrogen (secondary N) is 1. The molecule has 0 aliphatic carbocycles. The van der Waals surface area contributed by atoms with Crippen LogP contribution < -0.4 is 5.32 Å². The van der Waals surface area contributed by atoms with Crippen LogP contribution in [0.4, 0.5) is 0 Å². The molecule has 0 radical (unpaired) electrons. The van der Waals surface area contributed by atoms with Gasteiger partial charge >= 0.3 is 0 Å². The molecule has 0 saturated carbocycles. The van der Waals surface area contributed by atoms with E-state index in [1.807, 2.05) is 24.3 Å². The summed E-state index contributed by atoms with van der Waals surface area (Å²) in [4.78, 5) is 17.4. The van der Waals surface area contributed by atoms with Crippen LogP contribution in [-0.4, -0.2) is 55.0 Å². The molecular weight excluding hydrogens is 370 g/mol. The standard InChI is InChI=1S/C23H28ClN3O/c24-21-9-5-4-8-20(21)22(18-6-2-1-3-7-18)26-14-16-27(17-15-26)23(28)19-10-12-25-13-11-19/h1-9,19,22,25H,10-17H2. The van der Waals surface area contributed by atoms with Crippen molar-refractivity contribution in [3.63, 3.8) is 0 Å². The fraction of sp³-hybridized carbons (Fsp3) is 0.435. The van der Waals surface area contributed by atoms with Gasteiger partial charge < -0.3 is 10.2 Å². The lowest BCUT2D eigenvalue weighted by Gasteiger charge is -2.41. The van der Waals surface area contributed by atoms with Gasteiger partial charge in [0.05, 0.1) is 6.04 Å². The maximum atomic E-state index is 12.9. The lowest BCUT2D eigenvalue weighted by atomic mass is 9.95. The first-order chi connectivity index (χ1) is 13.7. The summed E-state index contributed by atoms with van der Waals surface area (Å²) in [5.74, 6) is 0.538. The number of hydrogen-bond donors (Lipinski definition) is 1. The van der Waals surface area contributed by atoms with Crippen molar-refractivity contribution in [1.29, 1.82) is 0 Å². The molecule has 1 N–H and O–H groups in total. The first-order valence-electron chi connectivity index (χ1n) is 10.3. The van der Waals surface area contributed by atoms with Gasteiger partial charge in [0, 0.05) is 37.1 Å². The molecule has 2 saturated heterocycles. The van der Waals surface area contributed by atoms with Crippen molar-refractivity contribution >= 4 is 17.5 Å². The summed E-state index contributed by atoms with van der Waals surface area (Å²) in [7, 11) is 0. The summed E-state index contributed by atoms with van der Waals surface area (Å²) in [5, 5.41) is 4.14. The fourth-order valence-electron chi connectivity index (χ4n) is 4.45. The molecule has 0 spiro atoms. The molecule has 2 aromatic carbocycles. The van der Waals surface area contributed by atoms with Gasteiger partial charge in [-0.15, -0.1) is 0 Å². The number of piperidine rings is 1. The second-order valence-corrected chi connectivity index (χ2v) is 8.13. The second kappa shape index (κ2) is 9.08. The maximum Gasteiger partial charge on any atom is 0.225 e. The second-order valence-electron chi connectivity index (χ2n) is 7.72. The van der Waals surface area contributed by atoms with Crippen molar-refractivity contribution in [1.82, 2.24) is 15.1 Å². The number of rotatable bonds is 4. The van der Waals surface area contributed by atoms with Crippen LogP contribution in [0.15, 0.2) is 54.6 Å². The van der Waals surface area contributed by atoms with E-state index in [1.165, 1.54) is 5.56 Å². The minimum atomic E-state index is 0.117. The highest BCUT2D eigenvalue weighted by Gasteiger charge is 2.32. The molecule has 2 aliphatic heterocycles. The Morgan fingerprint density at radius 2 is 1.57 bits per heavy atom. The lowest BCUT2D eigenvalue weighted by molar-refractivity contribution is -0.138. The summed E-state index contributed by atoms with van der Waals surface area (Å²) in [5.41, 5.74) is 2.38. The smallest absolute Gasteiger partial charge is 0.225 e. The third-order valence-corrected chi connectivity index (χ3v) is 6.34.